The summed E-state index contributed by atoms with van der Waals surface area (Å²) in [4.78, 5) is 18.5. The van der Waals surface area contributed by atoms with E-state index >= 15 is 0 Å². The summed E-state index contributed by atoms with van der Waals surface area (Å²) in [7, 11) is 0. The monoisotopic (exact) mass is 1960 g/mol. The molecule has 8 bridgehead atoms. The Morgan fingerprint density at radius 1 is 0.229 bits per heavy atom. The zero-order valence-electron chi connectivity index (χ0n) is 92.3. The summed E-state index contributed by atoms with van der Waals surface area (Å²) in [6, 6.07) is 98.8. The zero-order valence-corrected chi connectivity index (χ0v) is 94.6. The smallest absolute Gasteiger partial charge is 0.872 e. The Kier molecular flexibility index (Phi) is 49.6. The van der Waals surface area contributed by atoms with Gasteiger partial charge in [0.1, 0.15) is 0 Å². The molecule has 0 aliphatic heterocycles. The first-order chi connectivity index (χ1) is 66.1. The van der Waals surface area contributed by atoms with Crippen LogP contribution in [0.2, 0.25) is 0 Å². The molecular formula is C132H170Al2N4O6. The molecule has 8 aliphatic carbocycles. The van der Waals surface area contributed by atoms with Crippen molar-refractivity contribution in [2.45, 2.75) is 300 Å². The predicted molar refractivity (Wildman–Crippen MR) is 610 cm³/mol. The van der Waals surface area contributed by atoms with Gasteiger partial charge in [-0.25, -0.2) is 0 Å². The maximum absolute atomic E-state index is 14.0. The molecule has 12 heteroatoms. The number of aliphatic imine (C=N–C) groups is 4. The van der Waals surface area contributed by atoms with E-state index in [9.17, 15) is 20.4 Å². The van der Waals surface area contributed by atoms with Crippen molar-refractivity contribution in [3.05, 3.63) is 402 Å². The number of rotatable bonds is 12. The molecule has 0 radical (unpaired) electrons. The van der Waals surface area contributed by atoms with E-state index < -0.39 is 0 Å². The third-order valence-electron chi connectivity index (χ3n) is 27.9. The van der Waals surface area contributed by atoms with Gasteiger partial charge in [0.25, 0.3) is 0 Å². The fraction of sp³-hybridized carbons (Fsp3) is 0.424. The molecule has 8 fully saturated rings. The molecule has 0 unspecified atom stereocenters. The molecule has 0 saturated heterocycles. The van der Waals surface area contributed by atoms with E-state index in [1.165, 1.54) is 133 Å². The van der Waals surface area contributed by atoms with Crippen molar-refractivity contribution in [1.82, 2.24) is 0 Å². The summed E-state index contributed by atoms with van der Waals surface area (Å²) in [6.07, 6.45) is 22.3. The van der Waals surface area contributed by atoms with Crippen molar-refractivity contribution < 1.29 is 31.4 Å². The van der Waals surface area contributed by atoms with Gasteiger partial charge in [-0.2, -0.15) is 0 Å². The fourth-order valence-electron chi connectivity index (χ4n) is 20.7. The van der Waals surface area contributed by atoms with Gasteiger partial charge in [0.05, 0.1) is 26.2 Å². The molecule has 760 valence electrons. The minimum Gasteiger partial charge on any atom is -0.872 e. The molecule has 0 atom stereocenters. The van der Waals surface area contributed by atoms with Crippen LogP contribution in [0.4, 0.5) is 0 Å². The van der Waals surface area contributed by atoms with Gasteiger partial charge in [0.2, 0.25) is 0 Å². The number of aryl methyl sites for hydroxylation is 8. The molecular weight excluding hydrogens is 1790 g/mol. The SMILES string of the molecule is CC(C)(C)c1cc(C=NCCN=Cc2cc(C(C)(C)C)cc(C34CC5CC(CC(C5)C3)C4)c2[O-])c([O-])c(C(C)(C)C)c1.CC(C)(C)c1cc(C=NCCN=Cc2cc(C(C)(C)C)cc(C34CC5CC(CC(C5)C3)C4)c2[O-])c([O-])c(C(C)(C)C)c1.Cc1ccccc1.Cc1ccccc1.Cc1ccccc1.Cc1ccccc1.Cc1ccccc1.Cc1ccccc1.Cc1ccccc1.Cc1ccccc1.[Al+3].[Al+3].[OH-].[OH-]. The molecule has 144 heavy (non-hydrogen) atoms. The van der Waals surface area contributed by atoms with E-state index in [0.29, 0.717) is 48.4 Å². The summed E-state index contributed by atoms with van der Waals surface area (Å²) in [5.41, 5.74) is 21.2. The van der Waals surface area contributed by atoms with E-state index in [1.807, 2.05) is 158 Å². The Labute approximate surface area is 891 Å². The number of benzene rings is 12. The quantitative estimate of drug-likeness (QED) is 0.0661. The first-order valence-corrected chi connectivity index (χ1v) is 51.6. The maximum atomic E-state index is 14.0. The summed E-state index contributed by atoms with van der Waals surface area (Å²) in [5.74, 6) is 5.23. The van der Waals surface area contributed by atoms with Gasteiger partial charge in [-0.15, -0.1) is 0 Å². The predicted octanol–water partition coefficient (Wildman–Crippen LogP) is 30.3. The van der Waals surface area contributed by atoms with Crippen LogP contribution in [0.15, 0.2) is 311 Å². The van der Waals surface area contributed by atoms with Crippen LogP contribution in [0, 0.1) is 90.9 Å². The summed E-state index contributed by atoms with van der Waals surface area (Å²) < 4.78 is 0. The first-order valence-electron chi connectivity index (χ1n) is 51.6. The Morgan fingerprint density at radius 3 is 0.521 bits per heavy atom. The standard InChI is InChI=1S/2C38H54N2O2.8C7H8.2Al.2H2O/c2*1-35(2,3)29-15-27(33(41)31(17-29)37(7,8)9)22-39-10-11-40-23-28-16-30(36(4,5)6)18-32(34(28)42)38-19-24-12-25(20-38)14-26(13-24)21-38;8*1-7-5-3-2-4-6-7;;;;/h2*15-18,22-26,41-42H,10-14,19-21H2,1-9H3;8*2-6H,1H3;;;2*1H2/q;;;;;;;;;;2*+3;;/p-6. The Hall–Kier alpha value is -10.5. The van der Waals surface area contributed by atoms with E-state index in [-0.39, 0.29) is 112 Å². The van der Waals surface area contributed by atoms with Crippen molar-refractivity contribution in [3.63, 3.8) is 0 Å². The fourth-order valence-corrected chi connectivity index (χ4v) is 20.7. The van der Waals surface area contributed by atoms with Crippen LogP contribution in [0.25, 0.3) is 0 Å². The van der Waals surface area contributed by atoms with Crippen LogP contribution in [0.1, 0.15) is 313 Å². The molecule has 8 aliphatic rings. The maximum Gasteiger partial charge on any atom is 3.00 e. The number of nitrogens with zero attached hydrogens (tertiary/aromatic N) is 4. The van der Waals surface area contributed by atoms with Crippen LogP contribution in [-0.4, -0.2) is 96.7 Å². The van der Waals surface area contributed by atoms with Gasteiger partial charge in [-0.05, 0) is 278 Å². The normalized spacial score (nSPS) is 18.7. The van der Waals surface area contributed by atoms with Gasteiger partial charge in [0, 0.05) is 24.9 Å². The molecule has 20 rings (SSSR count). The molecule has 8 saturated carbocycles. The van der Waals surface area contributed by atoms with Gasteiger partial charge < -0.3 is 31.4 Å². The molecule has 0 spiro atoms. The molecule has 12 aromatic carbocycles. The topological polar surface area (TPSA) is 202 Å². The van der Waals surface area contributed by atoms with E-state index in [1.54, 1.807) is 24.9 Å². The van der Waals surface area contributed by atoms with Crippen molar-refractivity contribution in [1.29, 1.82) is 0 Å². The van der Waals surface area contributed by atoms with Crippen LogP contribution < -0.4 is 20.4 Å². The minimum atomic E-state index is -0.238. The molecule has 10 nitrogen and oxygen atoms in total. The van der Waals surface area contributed by atoms with Crippen molar-refractivity contribution in [2.24, 2.45) is 55.5 Å². The Balaban J connectivity index is 0.000000323. The van der Waals surface area contributed by atoms with Crippen LogP contribution in [0.5, 0.6) is 23.0 Å². The molecule has 0 heterocycles. The average molecular weight is 1960 g/mol. The second kappa shape index (κ2) is 57.6. The first kappa shape index (κ1) is 124. The third kappa shape index (κ3) is 39.7. The Morgan fingerprint density at radius 2 is 0.382 bits per heavy atom. The number of hydrogen-bond donors (Lipinski definition) is 0. The van der Waals surface area contributed by atoms with Crippen molar-refractivity contribution in [3.8, 4) is 23.0 Å². The molecule has 0 aromatic heterocycles. The van der Waals surface area contributed by atoms with Crippen molar-refractivity contribution in [2.75, 3.05) is 26.2 Å². The minimum absolute atomic E-state index is 0. The molecule has 2 N–H and O–H groups in total. The summed E-state index contributed by atoms with van der Waals surface area (Å²) >= 11 is 0. The van der Waals surface area contributed by atoms with Crippen LogP contribution >= 0.6 is 0 Å². The van der Waals surface area contributed by atoms with Gasteiger partial charge >= 0.3 is 34.7 Å². The second-order valence-electron chi connectivity index (χ2n) is 47.0. The third-order valence-corrected chi connectivity index (χ3v) is 27.9. The van der Waals surface area contributed by atoms with Crippen molar-refractivity contribution >= 4 is 59.6 Å². The van der Waals surface area contributed by atoms with E-state index in [0.717, 1.165) is 68.9 Å². The van der Waals surface area contributed by atoms with Gasteiger partial charge in [-0.1, -0.05) is 483 Å². The zero-order chi connectivity index (χ0) is 102. The van der Waals surface area contributed by atoms with Crippen LogP contribution in [-0.2, 0) is 43.3 Å². The number of hydrogen-bond acceptors (Lipinski definition) is 10. The molecule has 12 aromatic rings. The molecule has 0 amide bonds. The van der Waals surface area contributed by atoms with E-state index in [2.05, 4.69) is 333 Å². The largest absolute Gasteiger partial charge is 3.00 e. The Bertz CT molecular complexity index is 5130. The van der Waals surface area contributed by atoms with E-state index in [4.69, 9.17) is 0 Å². The average Bonchev–Trinajstić information content (AvgIpc) is 0.726. The van der Waals surface area contributed by atoms with Gasteiger partial charge in [-0.3, -0.25) is 20.0 Å². The summed E-state index contributed by atoms with van der Waals surface area (Å²) in [6.45, 7) is 57.5. The van der Waals surface area contributed by atoms with Gasteiger partial charge in [0.15, 0.2) is 0 Å². The summed E-state index contributed by atoms with van der Waals surface area (Å²) in [5, 5.41) is 54.5. The second-order valence-corrected chi connectivity index (χ2v) is 47.0. The van der Waals surface area contributed by atoms with Crippen LogP contribution in [0.3, 0.4) is 0 Å².